The predicted octanol–water partition coefficient (Wildman–Crippen LogP) is -6.12. The van der Waals surface area contributed by atoms with Crippen molar-refractivity contribution in [1.29, 1.82) is 0 Å². The molecule has 1 unspecified atom stereocenters. The molecule has 0 aliphatic heterocycles. The van der Waals surface area contributed by atoms with E-state index in [1.807, 2.05) is 0 Å². The summed E-state index contributed by atoms with van der Waals surface area (Å²) in [5.74, 6) is 0. The summed E-state index contributed by atoms with van der Waals surface area (Å²) in [5, 5.41) is 0. The Kier molecular flexibility index (Phi) is 10.2. The van der Waals surface area contributed by atoms with Gasteiger partial charge in [0.25, 0.3) is 0 Å². The van der Waals surface area contributed by atoms with Crippen molar-refractivity contribution in [2.75, 3.05) is 0 Å². The van der Waals surface area contributed by atoms with Crippen LogP contribution in [-0.2, 0) is 26.9 Å². The van der Waals surface area contributed by atoms with Crippen molar-refractivity contribution in [2.45, 2.75) is 17.6 Å². The van der Waals surface area contributed by atoms with Gasteiger partial charge in [0.2, 0.25) is 0 Å². The van der Waals surface area contributed by atoms with E-state index in [-0.39, 0.29) is 50.9 Å². The second-order valence-corrected chi connectivity index (χ2v) is 4.12. The molecule has 15 heavy (non-hydrogen) atoms. The SMILES string of the molecule is CCc1ccc2c(c1)C=C[CH]2[Ti+3].[Br-].[Br-].[Br-]. The van der Waals surface area contributed by atoms with Gasteiger partial charge in [-0.2, -0.15) is 0 Å². The number of rotatable bonds is 1. The standard InChI is InChI=1S/C11H11.3BrH.Ti/c1-2-9-6-7-10-4-3-5-11(10)8-9;;;;/h3-8H,2H2,1H3;3*1H;/q;;;;+3/p-3. The van der Waals surface area contributed by atoms with Crippen LogP contribution in [0.2, 0.25) is 0 Å². The van der Waals surface area contributed by atoms with Gasteiger partial charge in [-0.25, -0.2) is 0 Å². The van der Waals surface area contributed by atoms with E-state index in [9.17, 15) is 0 Å². The molecule has 0 radical (unpaired) electrons. The molecule has 0 saturated carbocycles. The Hall–Kier alpha value is 1.11. The molecule has 0 spiro atoms. The van der Waals surface area contributed by atoms with Gasteiger partial charge in [-0.05, 0) is 0 Å². The Labute approximate surface area is 135 Å². The van der Waals surface area contributed by atoms with E-state index in [2.05, 4.69) is 57.7 Å². The average molecular weight is 431 g/mol. The minimum Gasteiger partial charge on any atom is -1.00 e. The number of fused-ring (bicyclic) bond motifs is 1. The summed E-state index contributed by atoms with van der Waals surface area (Å²) < 4.78 is 0.617. The van der Waals surface area contributed by atoms with Crippen LogP contribution in [0.3, 0.4) is 0 Å². The minimum atomic E-state index is 0. The van der Waals surface area contributed by atoms with Gasteiger partial charge in [0, 0.05) is 0 Å². The molecule has 0 saturated heterocycles. The fourth-order valence-electron chi connectivity index (χ4n) is 1.58. The number of hydrogen-bond acceptors (Lipinski definition) is 0. The third-order valence-corrected chi connectivity index (χ3v) is 3.15. The van der Waals surface area contributed by atoms with Gasteiger partial charge in [0.05, 0.1) is 0 Å². The van der Waals surface area contributed by atoms with Crippen molar-refractivity contribution in [1.82, 2.24) is 0 Å². The summed E-state index contributed by atoms with van der Waals surface area (Å²) in [7, 11) is 0. The van der Waals surface area contributed by atoms with Crippen molar-refractivity contribution in [3.8, 4) is 0 Å². The van der Waals surface area contributed by atoms with E-state index in [0.717, 1.165) is 6.42 Å². The molecule has 1 atom stereocenters. The Morgan fingerprint density at radius 3 is 2.47 bits per heavy atom. The summed E-state index contributed by atoms with van der Waals surface area (Å²) >= 11 is 2.24. The zero-order valence-corrected chi connectivity index (χ0v) is 14.6. The fraction of sp³-hybridized carbons (Fsp3) is 0.273. The van der Waals surface area contributed by atoms with Crippen molar-refractivity contribution >= 4 is 6.08 Å². The quantitative estimate of drug-likeness (QED) is 0.389. The first-order chi connectivity index (χ1) is 5.81. The third-order valence-electron chi connectivity index (χ3n) is 2.36. The van der Waals surface area contributed by atoms with Crippen LogP contribution < -0.4 is 50.9 Å². The van der Waals surface area contributed by atoms with E-state index in [1.54, 1.807) is 0 Å². The van der Waals surface area contributed by atoms with Gasteiger partial charge in [-0.15, -0.1) is 0 Å². The molecule has 4 heteroatoms. The van der Waals surface area contributed by atoms with Crippen LogP contribution in [0.25, 0.3) is 6.08 Å². The van der Waals surface area contributed by atoms with E-state index >= 15 is 0 Å². The normalized spacial score (nSPS) is 15.8. The molecule has 0 N–H and O–H groups in total. The van der Waals surface area contributed by atoms with Gasteiger partial charge in [0.15, 0.2) is 0 Å². The van der Waals surface area contributed by atoms with Gasteiger partial charge in [-0.1, -0.05) is 0 Å². The van der Waals surface area contributed by atoms with Crippen LogP contribution in [0.15, 0.2) is 24.3 Å². The number of benzene rings is 1. The topological polar surface area (TPSA) is 0 Å². The number of aryl methyl sites for hydroxylation is 1. The van der Waals surface area contributed by atoms with Crippen molar-refractivity contribution in [3.05, 3.63) is 41.0 Å². The molecule has 0 aromatic heterocycles. The molecule has 0 heterocycles. The van der Waals surface area contributed by atoms with E-state index < -0.39 is 0 Å². The number of halogens is 3. The molecule has 0 fully saturated rings. The maximum atomic E-state index is 2.30. The average Bonchev–Trinajstić information content (AvgIpc) is 2.47. The van der Waals surface area contributed by atoms with Gasteiger partial charge < -0.3 is 50.9 Å². The maximum absolute atomic E-state index is 2.30. The fourth-order valence-corrected chi connectivity index (χ4v) is 2.14. The van der Waals surface area contributed by atoms with Gasteiger partial charge in [0.1, 0.15) is 0 Å². The Bertz CT molecular complexity index is 337. The molecule has 1 aliphatic rings. The van der Waals surface area contributed by atoms with Crippen LogP contribution in [0, 0.1) is 0 Å². The minimum absolute atomic E-state index is 0. The summed E-state index contributed by atoms with van der Waals surface area (Å²) in [6.45, 7) is 2.20. The molecule has 1 aromatic rings. The molecule has 1 aromatic carbocycles. The van der Waals surface area contributed by atoms with E-state index in [1.165, 1.54) is 16.7 Å². The van der Waals surface area contributed by atoms with E-state index in [4.69, 9.17) is 0 Å². The first-order valence-corrected chi connectivity index (χ1v) is 5.23. The summed E-state index contributed by atoms with van der Waals surface area (Å²) in [6, 6.07) is 6.80. The first-order valence-electron chi connectivity index (χ1n) is 4.33. The molecule has 0 bridgehead atoms. The molecule has 1 aliphatic carbocycles. The zero-order valence-electron chi connectivity index (χ0n) is 8.31. The first kappa shape index (κ1) is 18.5. The van der Waals surface area contributed by atoms with Crippen LogP contribution in [-0.4, -0.2) is 0 Å². The molecule has 0 nitrogen and oxygen atoms in total. The number of allylic oxidation sites excluding steroid dienone is 1. The zero-order chi connectivity index (χ0) is 8.55. The van der Waals surface area contributed by atoms with Crippen molar-refractivity contribution < 1.29 is 71.4 Å². The Morgan fingerprint density at radius 1 is 1.20 bits per heavy atom. The molecule has 0 amide bonds. The van der Waals surface area contributed by atoms with Crippen LogP contribution >= 0.6 is 0 Å². The van der Waals surface area contributed by atoms with Crippen LogP contribution in [0.1, 0.15) is 27.8 Å². The second-order valence-electron chi connectivity index (χ2n) is 3.15. The predicted molar refractivity (Wildman–Crippen MR) is 47.6 cm³/mol. The van der Waals surface area contributed by atoms with Crippen molar-refractivity contribution in [2.24, 2.45) is 0 Å². The Balaban J connectivity index is 0. The van der Waals surface area contributed by atoms with E-state index in [0.29, 0.717) is 4.22 Å². The molecule has 80 valence electrons. The summed E-state index contributed by atoms with van der Waals surface area (Å²) in [6.07, 6.45) is 5.64. The summed E-state index contributed by atoms with van der Waals surface area (Å²) in [5.41, 5.74) is 4.33. The van der Waals surface area contributed by atoms with Gasteiger partial charge >= 0.3 is 85.0 Å². The maximum Gasteiger partial charge on any atom is -1.00 e. The largest absolute Gasteiger partial charge is 1.00 e. The van der Waals surface area contributed by atoms with Crippen LogP contribution in [0.5, 0.6) is 0 Å². The monoisotopic (exact) mass is 428 g/mol. The molecular formula is C11H11Br3Ti. The van der Waals surface area contributed by atoms with Crippen molar-refractivity contribution in [3.63, 3.8) is 0 Å². The van der Waals surface area contributed by atoms with Gasteiger partial charge in [-0.3, -0.25) is 0 Å². The number of hydrogen-bond donors (Lipinski definition) is 0. The van der Waals surface area contributed by atoms with Crippen LogP contribution in [0.4, 0.5) is 0 Å². The molecule has 2 rings (SSSR count). The third kappa shape index (κ3) is 4.12. The summed E-state index contributed by atoms with van der Waals surface area (Å²) in [4.78, 5) is 0. The smallest absolute Gasteiger partial charge is 1.00 e. The second kappa shape index (κ2) is 8.24. The molecular weight excluding hydrogens is 420 g/mol. The Morgan fingerprint density at radius 2 is 1.87 bits per heavy atom.